The number of nitrogens with zero attached hydrogens (tertiary/aromatic N) is 1. The van der Waals surface area contributed by atoms with Gasteiger partial charge in [-0.15, -0.1) is 0 Å². The molecule has 0 unspecified atom stereocenters. The van der Waals surface area contributed by atoms with Crippen LogP contribution in [0.2, 0.25) is 0 Å². The summed E-state index contributed by atoms with van der Waals surface area (Å²) in [5.41, 5.74) is 1.55. The molecular weight excluding hydrogens is 276 g/mol. The highest BCUT2D eigenvalue weighted by molar-refractivity contribution is 5.77. The second-order valence-corrected chi connectivity index (χ2v) is 6.09. The van der Waals surface area contributed by atoms with Crippen molar-refractivity contribution < 1.29 is 9.53 Å². The van der Waals surface area contributed by atoms with Crippen molar-refractivity contribution >= 4 is 6.03 Å². The van der Waals surface area contributed by atoms with Crippen LogP contribution < -0.4 is 10.1 Å². The number of amides is 2. The van der Waals surface area contributed by atoms with E-state index in [0.29, 0.717) is 6.54 Å². The normalized spacial score (nSPS) is 26.0. The number of carbonyl (C=O) groups excluding carboxylic acids is 1. The Hall–Kier alpha value is -2.49. The van der Waals surface area contributed by atoms with Crippen molar-refractivity contribution in [2.45, 2.75) is 31.7 Å². The number of nitrogens with one attached hydrogen (secondary N) is 1. The van der Waals surface area contributed by atoms with Crippen LogP contribution in [0.3, 0.4) is 0 Å². The van der Waals surface area contributed by atoms with E-state index in [1.807, 2.05) is 61.5 Å². The molecule has 0 saturated carbocycles. The minimum absolute atomic E-state index is 0.0227. The molecule has 112 valence electrons. The Kier molecular flexibility index (Phi) is 2.86. The lowest BCUT2D eigenvalue weighted by Gasteiger charge is -2.50. The Morgan fingerprint density at radius 2 is 1.91 bits per heavy atom. The van der Waals surface area contributed by atoms with E-state index in [-0.39, 0.29) is 12.1 Å². The van der Waals surface area contributed by atoms with Gasteiger partial charge in [-0.25, -0.2) is 4.79 Å². The molecule has 2 bridgehead atoms. The van der Waals surface area contributed by atoms with E-state index in [9.17, 15) is 4.79 Å². The zero-order valence-electron chi connectivity index (χ0n) is 12.5. The summed E-state index contributed by atoms with van der Waals surface area (Å²) < 4.78 is 6.21. The summed E-state index contributed by atoms with van der Waals surface area (Å²) in [5, 5.41) is 3.11. The van der Waals surface area contributed by atoms with Gasteiger partial charge in [-0.2, -0.15) is 0 Å². The Bertz CT molecular complexity index is 716. The molecule has 4 rings (SSSR count). The quantitative estimate of drug-likeness (QED) is 0.921. The first-order valence-corrected chi connectivity index (χ1v) is 7.56. The van der Waals surface area contributed by atoms with Gasteiger partial charge in [-0.1, -0.05) is 48.5 Å². The first-order valence-electron chi connectivity index (χ1n) is 7.56. The van der Waals surface area contributed by atoms with Gasteiger partial charge in [0.2, 0.25) is 0 Å². The third-order valence-electron chi connectivity index (χ3n) is 4.50. The van der Waals surface area contributed by atoms with E-state index < -0.39 is 5.72 Å². The van der Waals surface area contributed by atoms with E-state index in [2.05, 4.69) is 5.32 Å². The molecule has 4 heteroatoms. The zero-order chi connectivity index (χ0) is 15.2. The molecule has 2 aromatic carbocycles. The molecule has 1 fully saturated rings. The topological polar surface area (TPSA) is 41.6 Å². The van der Waals surface area contributed by atoms with Crippen LogP contribution in [0.15, 0.2) is 54.6 Å². The number of urea groups is 1. The molecule has 0 spiro atoms. The highest BCUT2D eigenvalue weighted by atomic mass is 16.5. The van der Waals surface area contributed by atoms with Crippen LogP contribution in [-0.2, 0) is 6.54 Å². The average molecular weight is 294 g/mol. The fraction of sp³-hybridized carbons (Fsp3) is 0.278. The maximum atomic E-state index is 12.6. The molecule has 2 aromatic rings. The summed E-state index contributed by atoms with van der Waals surface area (Å²) in [6.45, 7) is 2.54. The van der Waals surface area contributed by atoms with Crippen molar-refractivity contribution in [3.05, 3.63) is 65.7 Å². The van der Waals surface area contributed by atoms with Crippen molar-refractivity contribution in [2.24, 2.45) is 0 Å². The lowest BCUT2D eigenvalue weighted by molar-refractivity contribution is -0.0879. The predicted molar refractivity (Wildman–Crippen MR) is 83.3 cm³/mol. The zero-order valence-corrected chi connectivity index (χ0v) is 12.5. The molecule has 22 heavy (non-hydrogen) atoms. The van der Waals surface area contributed by atoms with Gasteiger partial charge < -0.3 is 10.1 Å². The van der Waals surface area contributed by atoms with Gasteiger partial charge in [0.15, 0.2) is 5.72 Å². The molecule has 2 aliphatic rings. The van der Waals surface area contributed by atoms with Crippen LogP contribution >= 0.6 is 0 Å². The molecule has 0 aliphatic carbocycles. The molecule has 1 saturated heterocycles. The van der Waals surface area contributed by atoms with Crippen molar-refractivity contribution in [3.63, 3.8) is 0 Å². The summed E-state index contributed by atoms with van der Waals surface area (Å²) in [5.74, 6) is 0.860. The summed E-state index contributed by atoms with van der Waals surface area (Å²) in [6.07, 6.45) is 0.753. The van der Waals surface area contributed by atoms with Crippen LogP contribution in [0.5, 0.6) is 5.75 Å². The lowest BCUT2D eigenvalue weighted by atomic mass is 9.90. The summed E-state index contributed by atoms with van der Waals surface area (Å²) >= 11 is 0. The first-order chi connectivity index (χ1) is 10.7. The largest absolute Gasteiger partial charge is 0.468 e. The van der Waals surface area contributed by atoms with Gasteiger partial charge in [0.1, 0.15) is 5.75 Å². The maximum Gasteiger partial charge on any atom is 0.321 e. The number of hydrogen-bond donors (Lipinski definition) is 1. The fourth-order valence-electron chi connectivity index (χ4n) is 3.37. The van der Waals surface area contributed by atoms with Crippen molar-refractivity contribution in [1.82, 2.24) is 10.2 Å². The van der Waals surface area contributed by atoms with Gasteiger partial charge >= 0.3 is 6.03 Å². The number of benzene rings is 2. The summed E-state index contributed by atoms with van der Waals surface area (Å²) in [4.78, 5) is 14.3. The second kappa shape index (κ2) is 4.77. The third-order valence-corrected chi connectivity index (χ3v) is 4.50. The minimum Gasteiger partial charge on any atom is -0.468 e. The number of carbonyl (C=O) groups is 1. The van der Waals surface area contributed by atoms with E-state index in [4.69, 9.17) is 4.74 Å². The molecule has 0 radical (unpaired) electrons. The van der Waals surface area contributed by atoms with E-state index in [0.717, 1.165) is 23.3 Å². The number of hydrogen-bond acceptors (Lipinski definition) is 2. The van der Waals surface area contributed by atoms with Gasteiger partial charge in [0.25, 0.3) is 0 Å². The highest BCUT2D eigenvalue weighted by Gasteiger charge is 2.48. The molecule has 4 nitrogen and oxygen atoms in total. The summed E-state index contributed by atoms with van der Waals surface area (Å²) in [6, 6.07) is 17.9. The van der Waals surface area contributed by atoms with E-state index in [1.165, 1.54) is 0 Å². The van der Waals surface area contributed by atoms with E-state index in [1.54, 1.807) is 4.90 Å². The predicted octanol–water partition coefficient (Wildman–Crippen LogP) is 3.45. The Balaban J connectivity index is 1.69. The SMILES string of the molecule is C[C@@]12C[C@@H](NC(=O)N1Cc1ccccc1)c1ccccc1O2. The minimum atomic E-state index is -0.614. The average Bonchev–Trinajstić information content (AvgIpc) is 2.52. The molecule has 1 N–H and O–H groups in total. The van der Waals surface area contributed by atoms with Gasteiger partial charge in [0, 0.05) is 12.0 Å². The third kappa shape index (κ3) is 2.03. The monoisotopic (exact) mass is 294 g/mol. The second-order valence-electron chi connectivity index (χ2n) is 6.09. The lowest BCUT2D eigenvalue weighted by Crippen LogP contribution is -2.64. The maximum absolute atomic E-state index is 12.6. The Morgan fingerprint density at radius 1 is 1.18 bits per heavy atom. The fourth-order valence-corrected chi connectivity index (χ4v) is 3.37. The Morgan fingerprint density at radius 3 is 2.73 bits per heavy atom. The van der Waals surface area contributed by atoms with Crippen LogP contribution in [0.4, 0.5) is 4.79 Å². The Labute approximate surface area is 129 Å². The van der Waals surface area contributed by atoms with E-state index >= 15 is 0 Å². The number of rotatable bonds is 2. The standard InChI is InChI=1S/C18H18N2O2/c1-18-11-15(14-9-5-6-10-16(14)22-18)19-17(21)20(18)12-13-7-3-2-4-8-13/h2-10,15H,11-12H2,1H3,(H,19,21)/t15-,18-/m1/s1. The van der Waals surface area contributed by atoms with Crippen LogP contribution in [0, 0.1) is 0 Å². The van der Waals surface area contributed by atoms with Crippen molar-refractivity contribution in [3.8, 4) is 5.75 Å². The number of para-hydroxylation sites is 1. The number of fused-ring (bicyclic) bond motifs is 4. The van der Waals surface area contributed by atoms with Gasteiger partial charge in [-0.3, -0.25) is 4.90 Å². The highest BCUT2D eigenvalue weighted by Crippen LogP contribution is 2.44. The van der Waals surface area contributed by atoms with Crippen molar-refractivity contribution in [1.29, 1.82) is 0 Å². The van der Waals surface area contributed by atoms with Crippen molar-refractivity contribution in [2.75, 3.05) is 0 Å². The first kappa shape index (κ1) is 13.2. The van der Waals surface area contributed by atoms with Crippen LogP contribution in [0.25, 0.3) is 0 Å². The molecule has 0 aromatic heterocycles. The number of ether oxygens (including phenoxy) is 1. The molecule has 2 heterocycles. The van der Waals surface area contributed by atoms with Crippen LogP contribution in [0.1, 0.15) is 30.5 Å². The smallest absolute Gasteiger partial charge is 0.321 e. The van der Waals surface area contributed by atoms with Gasteiger partial charge in [-0.05, 0) is 18.6 Å². The van der Waals surface area contributed by atoms with Gasteiger partial charge in [0.05, 0.1) is 12.6 Å². The summed E-state index contributed by atoms with van der Waals surface area (Å²) in [7, 11) is 0. The molecular formula is C18H18N2O2. The molecule has 2 aliphatic heterocycles. The van der Waals surface area contributed by atoms with Crippen LogP contribution in [-0.4, -0.2) is 16.7 Å². The molecule has 2 amide bonds. The molecule has 2 atom stereocenters.